The third kappa shape index (κ3) is 6.25. The molecular weight excluding hydrogens is 772 g/mol. The van der Waals surface area contributed by atoms with Crippen molar-refractivity contribution in [3.8, 4) is 5.75 Å². The van der Waals surface area contributed by atoms with Crippen molar-refractivity contribution in [2.45, 2.75) is 49.6 Å². The number of pyridine rings is 1. The van der Waals surface area contributed by atoms with Gasteiger partial charge >= 0.3 is 5.92 Å². The molecular formula is C40H42ClF2N11O4. The predicted octanol–water partition coefficient (Wildman–Crippen LogP) is 4.36. The van der Waals surface area contributed by atoms with Crippen LogP contribution >= 0.6 is 11.6 Å². The summed E-state index contributed by atoms with van der Waals surface area (Å²) in [7, 11) is 3.50. The van der Waals surface area contributed by atoms with Crippen molar-refractivity contribution in [1.82, 2.24) is 34.5 Å². The number of alkyl halides is 2. The van der Waals surface area contributed by atoms with Crippen molar-refractivity contribution >= 4 is 74.0 Å². The summed E-state index contributed by atoms with van der Waals surface area (Å²) in [5.74, 6) is -3.48. The number of amides is 2. The lowest BCUT2D eigenvalue weighted by molar-refractivity contribution is -0.134. The minimum Gasteiger partial charge on any atom is -0.480 e. The molecule has 4 fully saturated rings. The summed E-state index contributed by atoms with van der Waals surface area (Å²) in [4.78, 5) is 54.0. The second-order valence-corrected chi connectivity index (χ2v) is 16.5. The summed E-state index contributed by atoms with van der Waals surface area (Å²) in [6.45, 7) is 3.95. The Labute approximate surface area is 336 Å². The fourth-order valence-corrected chi connectivity index (χ4v) is 9.14. The first-order chi connectivity index (χ1) is 27.9. The van der Waals surface area contributed by atoms with Crippen LogP contribution in [-0.2, 0) is 23.7 Å². The number of para-hydroxylation sites is 1. The Morgan fingerprint density at radius 3 is 2.53 bits per heavy atom. The Hall–Kier alpha value is -5.55. The molecule has 2 aromatic carbocycles. The molecule has 3 saturated heterocycles. The number of halogens is 3. The summed E-state index contributed by atoms with van der Waals surface area (Å²) in [5.41, 5.74) is 3.74. The van der Waals surface area contributed by atoms with Gasteiger partial charge in [0.2, 0.25) is 23.5 Å². The number of imide groups is 1. The van der Waals surface area contributed by atoms with E-state index in [1.54, 1.807) is 31.4 Å². The van der Waals surface area contributed by atoms with Crippen molar-refractivity contribution in [3.63, 3.8) is 0 Å². The second kappa shape index (κ2) is 13.8. The number of hydrogen-bond acceptors (Lipinski definition) is 12. The van der Waals surface area contributed by atoms with E-state index in [-0.39, 0.29) is 29.2 Å². The van der Waals surface area contributed by atoms with Crippen molar-refractivity contribution in [1.29, 1.82) is 0 Å². The summed E-state index contributed by atoms with van der Waals surface area (Å²) in [6.07, 6.45) is 3.72. The zero-order chi connectivity index (χ0) is 40.0. The summed E-state index contributed by atoms with van der Waals surface area (Å²) >= 11 is 6.62. The third-order valence-electron chi connectivity index (χ3n) is 12.4. The lowest BCUT2D eigenvalue weighted by atomic mass is 9.92. The molecule has 0 radical (unpaired) electrons. The zero-order valence-electron chi connectivity index (χ0n) is 32.0. The number of fused-ring (bicyclic) bond motifs is 4. The number of hydrogen-bond donors (Lipinski definition) is 3. The Kier molecular flexibility index (Phi) is 8.74. The number of rotatable bonds is 7. The largest absolute Gasteiger partial charge is 0.480 e. The zero-order valence-corrected chi connectivity index (χ0v) is 32.7. The number of carbonyl (C=O) groups excluding carboxylic acids is 2. The van der Waals surface area contributed by atoms with Crippen molar-refractivity contribution < 1.29 is 23.1 Å². The molecule has 7 heterocycles. The predicted molar refractivity (Wildman–Crippen MR) is 216 cm³/mol. The Morgan fingerprint density at radius 2 is 1.78 bits per heavy atom. The standard InChI is InChI=1S/C40H42ClF2N11O4/c1-50-28-10-8-22(16-26(28)32-34(38(50)57)58-20-40(42,43)35(47-32)21-6-7-21)45-36-27(41)17-44-39(48-36)53-14-12-52(13-15-53)23-18-54(19-23)29-5-3-4-24-31(49-51(2)33(24)29)25-9-11-30(55)46-37(25)56/h3-5,8,10,16-17,21,23,25,35,47H,6-7,9,11-15,18-20H2,1-2H3,(H,44,45,48)(H,46,55,56)/t25?,35-/m0/s1. The molecule has 1 saturated carbocycles. The molecule has 0 spiro atoms. The van der Waals surface area contributed by atoms with Crippen LogP contribution < -0.4 is 36.0 Å². The average Bonchev–Trinajstić information content (AvgIpc) is 3.99. The maximum absolute atomic E-state index is 15.1. The Bertz CT molecular complexity index is 2560. The molecule has 302 valence electrons. The smallest absolute Gasteiger partial charge is 0.301 e. The van der Waals surface area contributed by atoms with Crippen LogP contribution in [0.5, 0.6) is 5.75 Å². The Balaban J connectivity index is 0.817. The van der Waals surface area contributed by atoms with Gasteiger partial charge in [0.1, 0.15) is 5.02 Å². The van der Waals surface area contributed by atoms with Crippen LogP contribution in [0.15, 0.2) is 47.4 Å². The van der Waals surface area contributed by atoms with Crippen LogP contribution in [0.1, 0.15) is 37.3 Å². The molecule has 58 heavy (non-hydrogen) atoms. The highest BCUT2D eigenvalue weighted by Gasteiger charge is 2.51. The topological polar surface area (TPSA) is 155 Å². The van der Waals surface area contributed by atoms with Gasteiger partial charge in [-0.1, -0.05) is 23.7 Å². The summed E-state index contributed by atoms with van der Waals surface area (Å²) in [5, 5.41) is 15.4. The molecule has 0 bridgehead atoms. The van der Waals surface area contributed by atoms with Gasteiger partial charge in [0.05, 0.1) is 46.3 Å². The highest BCUT2D eigenvalue weighted by Crippen LogP contribution is 2.46. The molecule has 3 N–H and O–H groups in total. The third-order valence-corrected chi connectivity index (χ3v) is 12.6. The van der Waals surface area contributed by atoms with Crippen molar-refractivity contribution in [2.24, 2.45) is 20.0 Å². The highest BCUT2D eigenvalue weighted by molar-refractivity contribution is 6.33. The number of aryl methyl sites for hydroxylation is 2. The SMILES string of the molecule is Cn1nc(C2CCC(=O)NC2=O)c2cccc(N3CC(N4CCN(c5ncc(Cl)c(Nc6ccc7c(c6)c6c(c(=O)n7C)OCC(F)(F)[C@H](C7CC7)N6)n5)CC4)C3)c21. The molecule has 5 aromatic rings. The van der Waals surface area contributed by atoms with Crippen LogP contribution in [0.25, 0.3) is 21.8 Å². The number of piperidine rings is 1. The maximum Gasteiger partial charge on any atom is 0.301 e. The number of aromatic nitrogens is 5. The minimum atomic E-state index is -3.13. The lowest BCUT2D eigenvalue weighted by Gasteiger charge is -2.49. The lowest BCUT2D eigenvalue weighted by Crippen LogP contribution is -2.63. The molecule has 18 heteroatoms. The number of carbonyl (C=O) groups is 2. The summed E-state index contributed by atoms with van der Waals surface area (Å²) in [6, 6.07) is 10.7. The van der Waals surface area contributed by atoms with E-state index in [0.29, 0.717) is 70.8 Å². The van der Waals surface area contributed by atoms with E-state index in [1.165, 1.54) is 4.57 Å². The van der Waals surface area contributed by atoms with Crippen LogP contribution in [0, 0.1) is 5.92 Å². The first-order valence-electron chi connectivity index (χ1n) is 19.7. The molecule has 2 atom stereocenters. The van der Waals surface area contributed by atoms with Crippen LogP contribution in [0.4, 0.5) is 37.6 Å². The normalized spacial score (nSPS) is 22.6. The monoisotopic (exact) mass is 813 g/mol. The molecule has 4 aliphatic heterocycles. The van der Waals surface area contributed by atoms with E-state index in [9.17, 15) is 14.4 Å². The molecule has 3 aromatic heterocycles. The first kappa shape index (κ1) is 36.8. The van der Waals surface area contributed by atoms with Crippen LogP contribution in [-0.4, -0.2) is 105 Å². The fraction of sp³-hybridized carbons (Fsp3) is 0.450. The van der Waals surface area contributed by atoms with Gasteiger partial charge in [0.15, 0.2) is 12.4 Å². The van der Waals surface area contributed by atoms with E-state index in [1.807, 2.05) is 23.9 Å². The van der Waals surface area contributed by atoms with E-state index in [0.717, 1.165) is 55.9 Å². The quantitative estimate of drug-likeness (QED) is 0.200. The van der Waals surface area contributed by atoms with E-state index in [2.05, 4.69) is 41.7 Å². The number of piperazine rings is 1. The van der Waals surface area contributed by atoms with Crippen molar-refractivity contribution in [2.75, 3.05) is 66.3 Å². The fourth-order valence-electron chi connectivity index (χ4n) is 9.00. The van der Waals surface area contributed by atoms with Crippen LogP contribution in [0.2, 0.25) is 5.02 Å². The molecule has 1 unspecified atom stereocenters. The highest BCUT2D eigenvalue weighted by atomic mass is 35.5. The van der Waals surface area contributed by atoms with Gasteiger partial charge < -0.3 is 29.7 Å². The molecule has 15 nitrogen and oxygen atoms in total. The second-order valence-electron chi connectivity index (χ2n) is 16.1. The van der Waals surface area contributed by atoms with Gasteiger partial charge in [-0.05, 0) is 49.4 Å². The van der Waals surface area contributed by atoms with E-state index in [4.69, 9.17) is 26.4 Å². The van der Waals surface area contributed by atoms with E-state index < -0.39 is 30.0 Å². The maximum atomic E-state index is 15.1. The van der Waals surface area contributed by atoms with Gasteiger partial charge in [-0.25, -0.2) is 13.8 Å². The molecule has 5 aliphatic rings. The van der Waals surface area contributed by atoms with Gasteiger partial charge in [0.25, 0.3) is 5.56 Å². The molecule has 1 aliphatic carbocycles. The van der Waals surface area contributed by atoms with E-state index >= 15 is 8.78 Å². The first-order valence-corrected chi connectivity index (χ1v) is 20.1. The van der Waals surface area contributed by atoms with Gasteiger partial charge in [-0.15, -0.1) is 0 Å². The van der Waals surface area contributed by atoms with Crippen LogP contribution in [0.3, 0.4) is 0 Å². The van der Waals surface area contributed by atoms with Gasteiger partial charge in [0, 0.05) is 82.3 Å². The number of anilines is 5. The number of nitrogens with one attached hydrogen (secondary N) is 3. The Morgan fingerprint density at radius 1 is 0.983 bits per heavy atom. The number of benzene rings is 2. The minimum absolute atomic E-state index is 0.113. The molecule has 2 amide bonds. The van der Waals surface area contributed by atoms with Gasteiger partial charge in [-0.3, -0.25) is 29.3 Å². The number of nitrogens with zero attached hydrogens (tertiary/aromatic N) is 8. The molecule has 10 rings (SSSR count). The average molecular weight is 814 g/mol. The van der Waals surface area contributed by atoms with Gasteiger partial charge in [-0.2, -0.15) is 10.1 Å². The summed E-state index contributed by atoms with van der Waals surface area (Å²) < 4.78 is 39.1. The number of ether oxygens (including phenoxy) is 1. The van der Waals surface area contributed by atoms with Crippen molar-refractivity contribution in [3.05, 3.63) is 63.7 Å².